The van der Waals surface area contributed by atoms with Crippen LogP contribution in [0.15, 0.2) is 66.7 Å². The van der Waals surface area contributed by atoms with E-state index < -0.39 is 42.3 Å². The van der Waals surface area contributed by atoms with Gasteiger partial charge in [-0.25, -0.2) is 0 Å². The van der Waals surface area contributed by atoms with Gasteiger partial charge in [-0.2, -0.15) is 0 Å². The number of para-hydroxylation sites is 2. The molecule has 39 heavy (non-hydrogen) atoms. The monoisotopic (exact) mass is 530 g/mol. The number of carbonyl (C=O) groups excluding carboxylic acids is 5. The first-order valence-corrected chi connectivity index (χ1v) is 12.6. The molecule has 1 heterocycles. The number of hydrogen-bond donors (Lipinski definition) is 2. The third-order valence-electron chi connectivity index (χ3n) is 6.55. The first-order valence-electron chi connectivity index (χ1n) is 12.6. The Bertz CT molecular complexity index is 1400. The molecule has 0 aromatic heterocycles. The van der Waals surface area contributed by atoms with Gasteiger partial charge in [-0.1, -0.05) is 55.5 Å². The van der Waals surface area contributed by atoms with Gasteiger partial charge in [0, 0.05) is 12.7 Å². The molecule has 4 rings (SSSR count). The molecule has 0 saturated carbocycles. The highest BCUT2D eigenvalue weighted by Gasteiger charge is 2.38. The van der Waals surface area contributed by atoms with Gasteiger partial charge in [-0.15, -0.1) is 0 Å². The molecule has 0 bridgehead atoms. The molecule has 10 heteroatoms. The molecule has 1 aliphatic heterocycles. The lowest BCUT2D eigenvalue weighted by molar-refractivity contribution is -0.126. The normalized spacial score (nSPS) is 15.7. The average Bonchev–Trinajstić information content (AvgIpc) is 3.06. The summed E-state index contributed by atoms with van der Waals surface area (Å²) in [5.74, 6) is -2.03. The molecule has 2 atom stereocenters. The SMILES string of the molecule is CC[C@@H](C=O)NC(=O)CN1C(=O)[C@@H](NC(=O)c2cccc3ccccc23)CN(C(=O)COC)c2ccccc21. The highest BCUT2D eigenvalue weighted by molar-refractivity contribution is 6.13. The quantitative estimate of drug-likeness (QED) is 0.408. The number of hydrogen-bond acceptors (Lipinski definition) is 6. The largest absolute Gasteiger partial charge is 0.375 e. The molecule has 1 aliphatic rings. The molecule has 3 aromatic rings. The first-order chi connectivity index (χ1) is 18.9. The highest BCUT2D eigenvalue weighted by Crippen LogP contribution is 2.33. The average molecular weight is 531 g/mol. The van der Waals surface area contributed by atoms with Crippen LogP contribution in [-0.4, -0.2) is 68.8 Å². The van der Waals surface area contributed by atoms with Crippen LogP contribution in [0, 0.1) is 0 Å². The van der Waals surface area contributed by atoms with Crippen LogP contribution in [-0.2, 0) is 23.9 Å². The Labute approximate surface area is 225 Å². The number of nitrogens with one attached hydrogen (secondary N) is 2. The fraction of sp³-hybridized carbons (Fsp3) is 0.276. The summed E-state index contributed by atoms with van der Waals surface area (Å²) in [5, 5.41) is 6.97. The third kappa shape index (κ3) is 5.96. The summed E-state index contributed by atoms with van der Waals surface area (Å²) in [4.78, 5) is 67.2. The summed E-state index contributed by atoms with van der Waals surface area (Å²) >= 11 is 0. The summed E-state index contributed by atoms with van der Waals surface area (Å²) in [5.41, 5.74) is 1.09. The van der Waals surface area contributed by atoms with E-state index in [-0.39, 0.29) is 13.2 Å². The maximum Gasteiger partial charge on any atom is 0.253 e. The standard InChI is InChI=1S/C29H30N4O6/c1-3-20(17-34)30-26(35)16-33-25-14-7-6-13-24(25)32(27(36)18-39-2)15-23(29(33)38)31-28(37)22-12-8-10-19-9-4-5-11-21(19)22/h4-14,17,20,23H,3,15-16,18H2,1-2H3,(H,30,35)(H,31,37)/t20-,23-/m0/s1. The number of anilines is 2. The van der Waals surface area contributed by atoms with Gasteiger partial charge in [0.2, 0.25) is 5.91 Å². The number of aldehydes is 1. The molecular weight excluding hydrogens is 500 g/mol. The van der Waals surface area contributed by atoms with Crippen molar-refractivity contribution in [3.05, 3.63) is 72.3 Å². The molecule has 0 fully saturated rings. The topological polar surface area (TPSA) is 125 Å². The van der Waals surface area contributed by atoms with Crippen LogP contribution in [0.1, 0.15) is 23.7 Å². The zero-order chi connectivity index (χ0) is 27.9. The van der Waals surface area contributed by atoms with Crippen LogP contribution in [0.25, 0.3) is 10.8 Å². The Hall–Kier alpha value is -4.57. The minimum atomic E-state index is -1.18. The van der Waals surface area contributed by atoms with Crippen LogP contribution in [0.5, 0.6) is 0 Å². The molecule has 3 aromatic carbocycles. The van der Waals surface area contributed by atoms with Crippen molar-refractivity contribution in [1.82, 2.24) is 10.6 Å². The van der Waals surface area contributed by atoms with Crippen LogP contribution in [0.3, 0.4) is 0 Å². The van der Waals surface area contributed by atoms with Gasteiger partial charge in [-0.05, 0) is 35.4 Å². The van der Waals surface area contributed by atoms with Gasteiger partial charge in [0.25, 0.3) is 17.7 Å². The number of ether oxygens (including phenoxy) is 1. The lowest BCUT2D eigenvalue weighted by atomic mass is 10.0. The maximum atomic E-state index is 13.9. The van der Waals surface area contributed by atoms with E-state index >= 15 is 0 Å². The zero-order valence-corrected chi connectivity index (χ0v) is 21.8. The molecule has 0 radical (unpaired) electrons. The summed E-state index contributed by atoms with van der Waals surface area (Å²) < 4.78 is 5.06. The van der Waals surface area contributed by atoms with Crippen molar-refractivity contribution in [2.45, 2.75) is 25.4 Å². The number of fused-ring (bicyclic) bond motifs is 2. The molecule has 202 valence electrons. The van der Waals surface area contributed by atoms with E-state index in [1.165, 1.54) is 16.9 Å². The maximum absolute atomic E-state index is 13.9. The van der Waals surface area contributed by atoms with Crippen LogP contribution < -0.4 is 20.4 Å². The predicted octanol–water partition coefficient (Wildman–Crippen LogP) is 2.06. The van der Waals surface area contributed by atoms with Gasteiger partial charge in [0.1, 0.15) is 25.5 Å². The Kier molecular flexibility index (Phi) is 8.67. The lowest BCUT2D eigenvalue weighted by Gasteiger charge is -2.25. The van der Waals surface area contributed by atoms with Crippen molar-refractivity contribution in [2.75, 3.05) is 36.6 Å². The number of amides is 4. The van der Waals surface area contributed by atoms with Crippen molar-refractivity contribution < 1.29 is 28.7 Å². The molecule has 2 N–H and O–H groups in total. The zero-order valence-electron chi connectivity index (χ0n) is 21.8. The van der Waals surface area contributed by atoms with Crippen LogP contribution in [0.2, 0.25) is 0 Å². The smallest absolute Gasteiger partial charge is 0.253 e. The number of methoxy groups -OCH3 is 1. The van der Waals surface area contributed by atoms with E-state index in [1.807, 2.05) is 30.3 Å². The number of nitrogens with zero attached hydrogens (tertiary/aromatic N) is 2. The van der Waals surface area contributed by atoms with E-state index in [0.29, 0.717) is 35.0 Å². The highest BCUT2D eigenvalue weighted by atomic mass is 16.5. The minimum absolute atomic E-state index is 0.168. The summed E-state index contributed by atoms with van der Waals surface area (Å²) in [6.07, 6.45) is 1.03. The van der Waals surface area contributed by atoms with Crippen molar-refractivity contribution in [2.24, 2.45) is 0 Å². The fourth-order valence-corrected chi connectivity index (χ4v) is 4.58. The first kappa shape index (κ1) is 27.5. The van der Waals surface area contributed by atoms with Crippen LogP contribution >= 0.6 is 0 Å². The van der Waals surface area contributed by atoms with Gasteiger partial charge >= 0.3 is 0 Å². The van der Waals surface area contributed by atoms with Gasteiger partial charge < -0.3 is 25.1 Å². The second kappa shape index (κ2) is 12.3. The third-order valence-corrected chi connectivity index (χ3v) is 6.55. The lowest BCUT2D eigenvalue weighted by Crippen LogP contribution is -2.55. The van der Waals surface area contributed by atoms with Crippen molar-refractivity contribution >= 4 is 52.1 Å². The second-order valence-electron chi connectivity index (χ2n) is 9.12. The Morgan fingerprint density at radius 3 is 2.44 bits per heavy atom. The minimum Gasteiger partial charge on any atom is -0.375 e. The van der Waals surface area contributed by atoms with E-state index in [4.69, 9.17) is 4.74 Å². The summed E-state index contributed by atoms with van der Waals surface area (Å²) in [6.45, 7) is 0.931. The second-order valence-corrected chi connectivity index (χ2v) is 9.12. The number of carbonyl (C=O) groups is 5. The van der Waals surface area contributed by atoms with E-state index in [9.17, 15) is 24.0 Å². The molecule has 0 spiro atoms. The molecule has 4 amide bonds. The van der Waals surface area contributed by atoms with Crippen molar-refractivity contribution in [3.8, 4) is 0 Å². The number of benzene rings is 3. The Balaban J connectivity index is 1.72. The van der Waals surface area contributed by atoms with E-state index in [0.717, 1.165) is 5.39 Å². The predicted molar refractivity (Wildman–Crippen MR) is 147 cm³/mol. The molecular formula is C29H30N4O6. The van der Waals surface area contributed by atoms with Crippen molar-refractivity contribution in [3.63, 3.8) is 0 Å². The number of rotatable bonds is 9. The van der Waals surface area contributed by atoms with Crippen LogP contribution in [0.4, 0.5) is 11.4 Å². The van der Waals surface area contributed by atoms with Gasteiger partial charge in [-0.3, -0.25) is 24.1 Å². The summed E-state index contributed by atoms with van der Waals surface area (Å²) in [7, 11) is 1.39. The molecule has 0 aliphatic carbocycles. The Morgan fingerprint density at radius 2 is 1.72 bits per heavy atom. The van der Waals surface area contributed by atoms with Gasteiger partial charge in [0.05, 0.1) is 24.0 Å². The molecule has 10 nitrogen and oxygen atoms in total. The Morgan fingerprint density at radius 1 is 1.03 bits per heavy atom. The van der Waals surface area contributed by atoms with Crippen molar-refractivity contribution in [1.29, 1.82) is 0 Å². The van der Waals surface area contributed by atoms with Gasteiger partial charge in [0.15, 0.2) is 0 Å². The van der Waals surface area contributed by atoms with E-state index in [1.54, 1.807) is 43.3 Å². The molecule has 0 saturated heterocycles. The molecule has 0 unspecified atom stereocenters. The summed E-state index contributed by atoms with van der Waals surface area (Å²) in [6, 6.07) is 17.5. The van der Waals surface area contributed by atoms with E-state index in [2.05, 4.69) is 10.6 Å². The fourth-order valence-electron chi connectivity index (χ4n) is 4.58.